The van der Waals surface area contributed by atoms with Crippen LogP contribution in [-0.2, 0) is 4.79 Å². The zero-order chi connectivity index (χ0) is 26.6. The summed E-state index contributed by atoms with van der Waals surface area (Å²) in [6, 6.07) is 0. The maximum Gasteiger partial charge on any atom is 0.310 e. The van der Waals surface area contributed by atoms with E-state index >= 15 is 0 Å². The van der Waals surface area contributed by atoms with Crippen molar-refractivity contribution >= 4 is 5.97 Å². The molecule has 36 heavy (non-hydrogen) atoms. The average Bonchev–Trinajstić information content (AvgIpc) is 2.80. The van der Waals surface area contributed by atoms with Gasteiger partial charge in [0.25, 0.3) is 0 Å². The summed E-state index contributed by atoms with van der Waals surface area (Å²) in [7, 11) is 0. The molecule has 0 radical (unpaired) electrons. The van der Waals surface area contributed by atoms with Gasteiger partial charge in [0.15, 0.2) is 0 Å². The minimum Gasteiger partial charge on any atom is -0.481 e. The smallest absolute Gasteiger partial charge is 0.310 e. The lowest BCUT2D eigenvalue weighted by atomic mass is 9.32. The van der Waals surface area contributed by atoms with Gasteiger partial charge in [0, 0.05) is 11.3 Å². The Morgan fingerprint density at radius 1 is 1.00 bits per heavy atom. The summed E-state index contributed by atoms with van der Waals surface area (Å²) in [6.07, 6.45) is 4.44. The van der Waals surface area contributed by atoms with Crippen molar-refractivity contribution in [1.82, 2.24) is 0 Å². The molecule has 5 N–H and O–H groups in total. The van der Waals surface area contributed by atoms with E-state index in [1.807, 2.05) is 6.92 Å². The summed E-state index contributed by atoms with van der Waals surface area (Å²) >= 11 is 0. The highest BCUT2D eigenvalue weighted by Crippen LogP contribution is 2.75. The third kappa shape index (κ3) is 2.96. The zero-order valence-corrected chi connectivity index (χ0v) is 23.0. The topological polar surface area (TPSA) is 118 Å². The lowest BCUT2D eigenvalue weighted by Crippen LogP contribution is -2.71. The fourth-order valence-electron chi connectivity index (χ4n) is 11.2. The molecule has 4 fully saturated rings. The second-order valence-electron chi connectivity index (χ2n) is 14.6. The molecule has 0 aromatic carbocycles. The fourth-order valence-corrected chi connectivity index (χ4v) is 11.2. The van der Waals surface area contributed by atoms with E-state index in [1.54, 1.807) is 0 Å². The van der Waals surface area contributed by atoms with Crippen molar-refractivity contribution in [3.05, 3.63) is 11.6 Å². The van der Waals surface area contributed by atoms with Crippen LogP contribution in [0.1, 0.15) is 86.5 Å². The van der Waals surface area contributed by atoms with E-state index < -0.39 is 40.5 Å². The Morgan fingerprint density at radius 3 is 2.28 bits per heavy atom. The molecule has 204 valence electrons. The Hall–Kier alpha value is -0.950. The molecule has 0 aromatic heterocycles. The number of aliphatic carboxylic acids is 1. The molecule has 5 rings (SSSR count). The van der Waals surface area contributed by atoms with Crippen LogP contribution in [0.5, 0.6) is 0 Å². The van der Waals surface area contributed by atoms with Crippen LogP contribution in [-0.4, -0.2) is 56.4 Å². The predicted molar refractivity (Wildman–Crippen MR) is 137 cm³/mol. The number of allylic oxidation sites excluding steroid dienone is 2. The van der Waals surface area contributed by atoms with Gasteiger partial charge >= 0.3 is 5.97 Å². The molecule has 0 aliphatic heterocycles. The van der Waals surface area contributed by atoms with Crippen LogP contribution in [0.3, 0.4) is 0 Å². The molecule has 0 aromatic rings. The number of carboxylic acid groups (broad SMARTS) is 1. The number of hydrogen-bond acceptors (Lipinski definition) is 5. The van der Waals surface area contributed by atoms with Crippen LogP contribution in [0.15, 0.2) is 11.6 Å². The average molecular weight is 505 g/mol. The molecule has 5 aliphatic rings. The van der Waals surface area contributed by atoms with Crippen molar-refractivity contribution in [2.24, 2.45) is 56.7 Å². The number of aliphatic hydroxyl groups excluding tert-OH is 4. The second kappa shape index (κ2) is 8.03. The molecule has 13 atom stereocenters. The van der Waals surface area contributed by atoms with Gasteiger partial charge in [-0.25, -0.2) is 0 Å². The summed E-state index contributed by atoms with van der Waals surface area (Å²) in [5.74, 6) is -0.0914. The Kier molecular flexibility index (Phi) is 5.95. The molecule has 4 saturated carbocycles. The first-order valence-corrected chi connectivity index (χ1v) is 14.2. The standard InChI is InChI=1S/C30H48O6/c1-16-9-10-30(25(35)36)12-11-28(5)18(22(30)17(16)2)7-8-21-26(3)13-20(33)24(34)27(4,15-31)23(26)19(32)14-29(21,28)6/h7,16-17,19-24,31-34H,8-15H2,1-6H3,(H,35,36)/t16?,17-,19+,20-,21?,22-,23?,24-,26+,27-,28?,29+,30-/m0/s1. The zero-order valence-electron chi connectivity index (χ0n) is 23.0. The number of rotatable bonds is 2. The van der Waals surface area contributed by atoms with E-state index in [9.17, 15) is 30.3 Å². The number of carbonyl (C=O) groups is 1. The van der Waals surface area contributed by atoms with E-state index in [1.165, 1.54) is 5.57 Å². The molecule has 0 heterocycles. The maximum atomic E-state index is 12.8. The van der Waals surface area contributed by atoms with Crippen LogP contribution in [0.4, 0.5) is 0 Å². The number of fused-ring (bicyclic) bond motifs is 7. The Bertz CT molecular complexity index is 963. The highest BCUT2D eigenvalue weighted by atomic mass is 16.4. The Labute approximate surface area is 216 Å². The lowest BCUT2D eigenvalue weighted by Gasteiger charge is -2.72. The minimum absolute atomic E-state index is 0.000534. The Morgan fingerprint density at radius 2 is 1.67 bits per heavy atom. The molecule has 5 aliphatic carbocycles. The Balaban J connectivity index is 1.65. The van der Waals surface area contributed by atoms with E-state index in [0.29, 0.717) is 25.2 Å². The third-order valence-corrected chi connectivity index (χ3v) is 13.4. The van der Waals surface area contributed by atoms with Gasteiger partial charge in [-0.05, 0) is 84.9 Å². The molecular weight excluding hydrogens is 456 g/mol. The van der Waals surface area contributed by atoms with E-state index in [2.05, 4.69) is 40.7 Å². The van der Waals surface area contributed by atoms with Crippen molar-refractivity contribution in [3.63, 3.8) is 0 Å². The van der Waals surface area contributed by atoms with Gasteiger partial charge in [-0.1, -0.05) is 53.2 Å². The van der Waals surface area contributed by atoms with Crippen molar-refractivity contribution in [3.8, 4) is 0 Å². The minimum atomic E-state index is -1.08. The van der Waals surface area contributed by atoms with Crippen LogP contribution >= 0.6 is 0 Å². The maximum absolute atomic E-state index is 12.8. The van der Waals surface area contributed by atoms with Gasteiger partial charge in [-0.3, -0.25) is 4.79 Å². The summed E-state index contributed by atoms with van der Waals surface area (Å²) in [5, 5.41) is 54.7. The normalized spacial score (nSPS) is 58.6. The lowest BCUT2D eigenvalue weighted by molar-refractivity contribution is -0.273. The molecular formula is C30H48O6. The van der Waals surface area contributed by atoms with Crippen molar-refractivity contribution < 1.29 is 30.3 Å². The predicted octanol–water partition coefficient (Wildman–Crippen LogP) is 4.00. The van der Waals surface area contributed by atoms with Gasteiger partial charge < -0.3 is 25.5 Å². The first-order chi connectivity index (χ1) is 16.6. The van der Waals surface area contributed by atoms with Gasteiger partial charge in [0.2, 0.25) is 0 Å². The second-order valence-corrected chi connectivity index (χ2v) is 14.6. The van der Waals surface area contributed by atoms with Gasteiger partial charge in [0.1, 0.15) is 0 Å². The van der Waals surface area contributed by atoms with E-state index in [-0.39, 0.29) is 41.1 Å². The number of carboxylic acids is 1. The van der Waals surface area contributed by atoms with Crippen LogP contribution in [0.25, 0.3) is 0 Å². The van der Waals surface area contributed by atoms with Crippen LogP contribution < -0.4 is 0 Å². The molecule has 0 bridgehead atoms. The molecule has 0 saturated heterocycles. The van der Waals surface area contributed by atoms with Gasteiger partial charge in [-0.15, -0.1) is 0 Å². The SMILES string of the molecule is CC1CC[C@]2(C(=O)O)CCC3(C)C(=CCC4[C@@]5(C)C[C@H](O)[C@H](O)[C@@](C)(CO)C5[C@H](O)C[C@]43C)[C@@H]2[C@H]1C. The van der Waals surface area contributed by atoms with Crippen molar-refractivity contribution in [2.45, 2.75) is 105 Å². The number of aliphatic hydroxyl groups is 4. The first-order valence-electron chi connectivity index (χ1n) is 14.2. The summed E-state index contributed by atoms with van der Waals surface area (Å²) in [4.78, 5) is 12.8. The van der Waals surface area contributed by atoms with Crippen molar-refractivity contribution in [1.29, 1.82) is 0 Å². The molecule has 0 amide bonds. The molecule has 0 spiro atoms. The molecule has 6 heteroatoms. The highest BCUT2D eigenvalue weighted by molar-refractivity contribution is 5.76. The van der Waals surface area contributed by atoms with E-state index in [4.69, 9.17) is 0 Å². The monoisotopic (exact) mass is 504 g/mol. The van der Waals surface area contributed by atoms with Crippen molar-refractivity contribution in [2.75, 3.05) is 6.61 Å². The summed E-state index contributed by atoms with van der Waals surface area (Å²) in [5.41, 5.74) is -1.41. The molecule has 6 nitrogen and oxygen atoms in total. The third-order valence-electron chi connectivity index (χ3n) is 13.4. The molecule has 4 unspecified atom stereocenters. The fraction of sp³-hybridized carbons (Fsp3) is 0.900. The van der Waals surface area contributed by atoms with Gasteiger partial charge in [0.05, 0.1) is 30.3 Å². The van der Waals surface area contributed by atoms with Gasteiger partial charge in [-0.2, -0.15) is 0 Å². The quantitative estimate of drug-likeness (QED) is 0.363. The summed E-state index contributed by atoms with van der Waals surface area (Å²) < 4.78 is 0. The van der Waals surface area contributed by atoms with E-state index in [0.717, 1.165) is 25.7 Å². The largest absolute Gasteiger partial charge is 0.481 e. The van der Waals surface area contributed by atoms with Crippen LogP contribution in [0.2, 0.25) is 0 Å². The summed E-state index contributed by atoms with van der Waals surface area (Å²) in [6.45, 7) is 12.8. The van der Waals surface area contributed by atoms with Crippen LogP contribution in [0, 0.1) is 56.7 Å². The number of hydrogen-bond donors (Lipinski definition) is 5. The first kappa shape index (κ1) is 26.6. The highest BCUT2D eigenvalue weighted by Gasteiger charge is 2.72.